The molecular weight excluding hydrogens is 211 g/mol. The van der Waals surface area contributed by atoms with Crippen LogP contribution in [0.15, 0.2) is 6.07 Å². The summed E-state index contributed by atoms with van der Waals surface area (Å²) in [6.45, 7) is 0. The zero-order chi connectivity index (χ0) is 11.5. The Hall–Kier alpha value is -1.53. The number of halogens is 3. The zero-order valence-electron chi connectivity index (χ0n) is 7.98. The molecule has 0 fully saturated rings. The number of nitrogens with one attached hydrogen (secondary N) is 2. The lowest BCUT2D eigenvalue weighted by Crippen LogP contribution is -2.17. The summed E-state index contributed by atoms with van der Waals surface area (Å²) in [6.07, 6.45) is -4.10. The van der Waals surface area contributed by atoms with E-state index in [-0.39, 0.29) is 18.7 Å². The second kappa shape index (κ2) is 4.33. The number of carbonyl (C=O) groups excluding carboxylic acids is 1. The molecule has 0 unspecified atom stereocenters. The highest BCUT2D eigenvalue weighted by atomic mass is 19.4. The van der Waals surface area contributed by atoms with Crippen LogP contribution in [0.4, 0.5) is 13.2 Å². The van der Waals surface area contributed by atoms with Crippen LogP contribution in [0.5, 0.6) is 0 Å². The summed E-state index contributed by atoms with van der Waals surface area (Å²) in [7, 11) is 1.47. The minimum absolute atomic E-state index is 0.135. The molecule has 4 nitrogen and oxygen atoms in total. The Kier molecular flexibility index (Phi) is 3.33. The van der Waals surface area contributed by atoms with Crippen molar-refractivity contribution in [2.45, 2.75) is 19.0 Å². The number of aryl methyl sites for hydroxylation is 1. The van der Waals surface area contributed by atoms with Crippen LogP contribution in [0.25, 0.3) is 0 Å². The van der Waals surface area contributed by atoms with Gasteiger partial charge in [-0.25, -0.2) is 0 Å². The zero-order valence-corrected chi connectivity index (χ0v) is 7.98. The van der Waals surface area contributed by atoms with Gasteiger partial charge >= 0.3 is 6.18 Å². The number of hydrogen-bond donors (Lipinski definition) is 2. The molecule has 1 amide bonds. The van der Waals surface area contributed by atoms with Crippen molar-refractivity contribution >= 4 is 5.91 Å². The SMILES string of the molecule is CNC(=O)CCc1cc(C(F)(F)F)n[nH]1. The standard InChI is InChI=1S/C8H10F3N3O/c1-12-7(15)3-2-5-4-6(14-13-5)8(9,10)11/h4H,2-3H2,1H3,(H,12,15)(H,13,14). The largest absolute Gasteiger partial charge is 0.435 e. The molecule has 1 aromatic heterocycles. The van der Waals surface area contributed by atoms with Gasteiger partial charge in [-0.05, 0) is 12.5 Å². The molecule has 1 aromatic rings. The Bertz CT molecular complexity index is 345. The Morgan fingerprint density at radius 1 is 1.60 bits per heavy atom. The highest BCUT2D eigenvalue weighted by molar-refractivity contribution is 5.75. The van der Waals surface area contributed by atoms with Gasteiger partial charge in [0, 0.05) is 19.2 Å². The number of nitrogens with zero attached hydrogens (tertiary/aromatic N) is 1. The fraction of sp³-hybridized carbons (Fsp3) is 0.500. The lowest BCUT2D eigenvalue weighted by atomic mass is 10.2. The topological polar surface area (TPSA) is 57.8 Å². The van der Waals surface area contributed by atoms with E-state index in [0.29, 0.717) is 5.69 Å². The Labute approximate surface area is 83.9 Å². The molecule has 15 heavy (non-hydrogen) atoms. The third-order valence-corrected chi connectivity index (χ3v) is 1.82. The van der Waals surface area contributed by atoms with Gasteiger partial charge in [-0.3, -0.25) is 9.89 Å². The number of H-pyrrole nitrogens is 1. The fourth-order valence-electron chi connectivity index (χ4n) is 1.01. The minimum atomic E-state index is -4.44. The van der Waals surface area contributed by atoms with Crippen LogP contribution in [0.1, 0.15) is 17.8 Å². The van der Waals surface area contributed by atoms with Crippen LogP contribution in [-0.4, -0.2) is 23.2 Å². The first-order chi connectivity index (χ1) is 6.93. The van der Waals surface area contributed by atoms with Crippen molar-refractivity contribution in [3.8, 4) is 0 Å². The smallest absolute Gasteiger partial charge is 0.359 e. The highest BCUT2D eigenvalue weighted by Gasteiger charge is 2.33. The third kappa shape index (κ3) is 3.26. The number of alkyl halides is 3. The molecular formula is C8H10F3N3O. The van der Waals surface area contributed by atoms with E-state index >= 15 is 0 Å². The maximum Gasteiger partial charge on any atom is 0.435 e. The Morgan fingerprint density at radius 3 is 2.73 bits per heavy atom. The first-order valence-corrected chi connectivity index (χ1v) is 4.25. The number of aromatic amines is 1. The Balaban J connectivity index is 2.58. The molecule has 0 aromatic carbocycles. The molecule has 7 heteroatoms. The summed E-state index contributed by atoms with van der Waals surface area (Å²) in [5.74, 6) is -0.224. The maximum atomic E-state index is 12.1. The minimum Gasteiger partial charge on any atom is -0.359 e. The average Bonchev–Trinajstić information content (AvgIpc) is 2.61. The second-order valence-electron chi connectivity index (χ2n) is 2.95. The molecule has 0 aliphatic heterocycles. The van der Waals surface area contributed by atoms with Crippen molar-refractivity contribution in [2.75, 3.05) is 7.05 Å². The summed E-state index contributed by atoms with van der Waals surface area (Å²) < 4.78 is 36.3. The van der Waals surface area contributed by atoms with Gasteiger partial charge in [0.1, 0.15) is 0 Å². The van der Waals surface area contributed by atoms with E-state index in [2.05, 4.69) is 15.5 Å². The van der Waals surface area contributed by atoms with Gasteiger partial charge in [0.25, 0.3) is 0 Å². The van der Waals surface area contributed by atoms with Gasteiger partial charge in [-0.15, -0.1) is 0 Å². The van der Waals surface area contributed by atoms with Gasteiger partial charge in [-0.1, -0.05) is 0 Å². The second-order valence-corrected chi connectivity index (χ2v) is 2.95. The number of aromatic nitrogens is 2. The van der Waals surface area contributed by atoms with Gasteiger partial charge in [-0.2, -0.15) is 18.3 Å². The number of amides is 1. The number of rotatable bonds is 3. The quantitative estimate of drug-likeness (QED) is 0.803. The molecule has 2 N–H and O–H groups in total. The van der Waals surface area contributed by atoms with Crippen molar-refractivity contribution in [1.29, 1.82) is 0 Å². The summed E-state index contributed by atoms with van der Waals surface area (Å²) in [5, 5.41) is 7.73. The molecule has 84 valence electrons. The van der Waals surface area contributed by atoms with Crippen LogP contribution >= 0.6 is 0 Å². The molecule has 0 radical (unpaired) electrons. The lowest BCUT2D eigenvalue weighted by molar-refractivity contribution is -0.141. The van der Waals surface area contributed by atoms with Crippen LogP contribution < -0.4 is 5.32 Å². The van der Waals surface area contributed by atoms with Crippen molar-refractivity contribution in [1.82, 2.24) is 15.5 Å². The van der Waals surface area contributed by atoms with Crippen molar-refractivity contribution in [2.24, 2.45) is 0 Å². The third-order valence-electron chi connectivity index (χ3n) is 1.82. The van der Waals surface area contributed by atoms with E-state index in [1.807, 2.05) is 0 Å². The maximum absolute atomic E-state index is 12.1. The van der Waals surface area contributed by atoms with E-state index in [9.17, 15) is 18.0 Å². The van der Waals surface area contributed by atoms with Gasteiger partial charge < -0.3 is 5.32 Å². The molecule has 0 atom stereocenters. The van der Waals surface area contributed by atoms with Crippen molar-refractivity contribution in [3.63, 3.8) is 0 Å². The van der Waals surface area contributed by atoms with Crippen LogP contribution in [0.3, 0.4) is 0 Å². The molecule has 0 saturated heterocycles. The van der Waals surface area contributed by atoms with E-state index in [1.165, 1.54) is 7.05 Å². The molecule has 0 spiro atoms. The average molecular weight is 221 g/mol. The predicted octanol–water partition coefficient (Wildman–Crippen LogP) is 1.11. The summed E-state index contributed by atoms with van der Waals surface area (Å²) >= 11 is 0. The molecule has 1 heterocycles. The summed E-state index contributed by atoms with van der Waals surface area (Å²) in [4.78, 5) is 10.8. The van der Waals surface area contributed by atoms with E-state index in [1.54, 1.807) is 0 Å². The molecule has 1 rings (SSSR count). The van der Waals surface area contributed by atoms with E-state index in [4.69, 9.17) is 0 Å². The normalized spacial score (nSPS) is 11.5. The van der Waals surface area contributed by atoms with E-state index < -0.39 is 11.9 Å². The molecule has 0 aliphatic rings. The van der Waals surface area contributed by atoms with Crippen LogP contribution in [0.2, 0.25) is 0 Å². The Morgan fingerprint density at radius 2 is 2.27 bits per heavy atom. The number of hydrogen-bond acceptors (Lipinski definition) is 2. The van der Waals surface area contributed by atoms with Gasteiger partial charge in [0.05, 0.1) is 0 Å². The molecule has 0 saturated carbocycles. The van der Waals surface area contributed by atoms with Crippen LogP contribution in [-0.2, 0) is 17.4 Å². The lowest BCUT2D eigenvalue weighted by Gasteiger charge is -1.99. The van der Waals surface area contributed by atoms with E-state index in [0.717, 1.165) is 6.07 Å². The first-order valence-electron chi connectivity index (χ1n) is 4.25. The summed E-state index contributed by atoms with van der Waals surface area (Å²) in [5.41, 5.74) is -0.666. The van der Waals surface area contributed by atoms with Gasteiger partial charge in [0.15, 0.2) is 5.69 Å². The predicted molar refractivity (Wildman–Crippen MR) is 46.0 cm³/mol. The number of carbonyl (C=O) groups is 1. The van der Waals surface area contributed by atoms with Crippen molar-refractivity contribution in [3.05, 3.63) is 17.5 Å². The monoisotopic (exact) mass is 221 g/mol. The highest BCUT2D eigenvalue weighted by Crippen LogP contribution is 2.27. The molecule has 0 aliphatic carbocycles. The molecule has 0 bridgehead atoms. The van der Waals surface area contributed by atoms with Crippen molar-refractivity contribution < 1.29 is 18.0 Å². The fourth-order valence-corrected chi connectivity index (χ4v) is 1.01. The van der Waals surface area contributed by atoms with Gasteiger partial charge in [0.2, 0.25) is 5.91 Å². The summed E-state index contributed by atoms with van der Waals surface area (Å²) in [6, 6.07) is 0.906. The first kappa shape index (κ1) is 11.5. The van der Waals surface area contributed by atoms with Crippen LogP contribution in [0, 0.1) is 0 Å².